The molecule has 1 aliphatic rings. The Hall–Kier alpha value is -2.12. The zero-order valence-electron chi connectivity index (χ0n) is 13.3. The van der Waals surface area contributed by atoms with Crippen LogP contribution < -0.4 is 5.32 Å². The maximum Gasteiger partial charge on any atom is 0.410 e. The Morgan fingerprint density at radius 2 is 2.00 bits per heavy atom. The summed E-state index contributed by atoms with van der Waals surface area (Å²) in [7, 11) is 1.42. The number of aromatic nitrogens is 2. The van der Waals surface area contributed by atoms with Crippen LogP contribution in [0.25, 0.3) is 0 Å². The van der Waals surface area contributed by atoms with E-state index in [2.05, 4.69) is 10.4 Å². The minimum atomic E-state index is -0.685. The lowest BCUT2D eigenvalue weighted by atomic mass is 10.2. The summed E-state index contributed by atoms with van der Waals surface area (Å²) >= 11 is 0. The van der Waals surface area contributed by atoms with Crippen LogP contribution in [-0.2, 0) is 17.8 Å². The second-order valence-corrected chi connectivity index (χ2v) is 6.17. The standard InChI is InChI=1S/C14H21FN4O3/c1-14(2,3)22-13(21)18-6-5-7-19-9(8-18)10(15)11(17-19)12(20)16-4/h5-8H2,1-4H3,(H,16,20). The number of rotatable bonds is 1. The Bertz CT molecular complexity index is 592. The first kappa shape index (κ1) is 16.3. The van der Waals surface area contributed by atoms with Crippen LogP contribution in [-0.4, -0.2) is 45.9 Å². The summed E-state index contributed by atoms with van der Waals surface area (Å²) in [6.45, 7) is 6.26. The number of fused-ring (bicyclic) bond motifs is 1. The molecule has 7 nitrogen and oxygen atoms in total. The van der Waals surface area contributed by atoms with Crippen LogP contribution in [0.5, 0.6) is 0 Å². The van der Waals surface area contributed by atoms with E-state index >= 15 is 0 Å². The molecule has 1 aromatic rings. The molecule has 0 radical (unpaired) electrons. The van der Waals surface area contributed by atoms with Gasteiger partial charge in [0.15, 0.2) is 11.5 Å². The van der Waals surface area contributed by atoms with Gasteiger partial charge in [0.1, 0.15) is 5.60 Å². The average molecular weight is 312 g/mol. The van der Waals surface area contributed by atoms with Gasteiger partial charge in [0, 0.05) is 20.1 Å². The molecule has 0 aliphatic carbocycles. The smallest absolute Gasteiger partial charge is 0.410 e. The summed E-state index contributed by atoms with van der Waals surface area (Å²) in [5, 5.41) is 6.35. The van der Waals surface area contributed by atoms with Crippen molar-refractivity contribution in [1.29, 1.82) is 0 Å². The molecule has 1 aromatic heterocycles. The zero-order valence-corrected chi connectivity index (χ0v) is 13.3. The first-order valence-corrected chi connectivity index (χ1v) is 7.18. The van der Waals surface area contributed by atoms with Crippen LogP contribution in [0.1, 0.15) is 43.4 Å². The van der Waals surface area contributed by atoms with Gasteiger partial charge in [0.2, 0.25) is 0 Å². The molecule has 8 heteroatoms. The van der Waals surface area contributed by atoms with Crippen LogP contribution in [0.3, 0.4) is 0 Å². The van der Waals surface area contributed by atoms with E-state index < -0.39 is 23.4 Å². The Morgan fingerprint density at radius 3 is 2.59 bits per heavy atom. The summed E-state index contributed by atoms with van der Waals surface area (Å²) in [4.78, 5) is 25.2. The van der Waals surface area contributed by atoms with Gasteiger partial charge in [-0.3, -0.25) is 9.48 Å². The van der Waals surface area contributed by atoms with Crippen molar-refractivity contribution in [3.8, 4) is 0 Å². The summed E-state index contributed by atoms with van der Waals surface area (Å²) in [6.07, 6.45) is 0.114. The quantitative estimate of drug-likeness (QED) is 0.853. The Morgan fingerprint density at radius 1 is 1.32 bits per heavy atom. The van der Waals surface area contributed by atoms with Gasteiger partial charge in [-0.25, -0.2) is 9.18 Å². The van der Waals surface area contributed by atoms with Gasteiger partial charge in [0.05, 0.1) is 12.2 Å². The second-order valence-electron chi connectivity index (χ2n) is 6.17. The van der Waals surface area contributed by atoms with E-state index in [1.54, 1.807) is 20.8 Å². The highest BCUT2D eigenvalue weighted by Crippen LogP contribution is 2.20. The lowest BCUT2D eigenvalue weighted by Crippen LogP contribution is -2.36. The van der Waals surface area contributed by atoms with Gasteiger partial charge in [-0.2, -0.15) is 5.10 Å². The molecule has 122 valence electrons. The number of hydrogen-bond acceptors (Lipinski definition) is 4. The maximum atomic E-state index is 14.4. The normalized spacial score (nSPS) is 15.0. The molecule has 0 atom stereocenters. The number of carbonyl (C=O) groups excluding carboxylic acids is 2. The molecule has 2 heterocycles. The van der Waals surface area contributed by atoms with Crippen molar-refractivity contribution in [1.82, 2.24) is 20.0 Å². The fourth-order valence-electron chi connectivity index (χ4n) is 2.23. The second kappa shape index (κ2) is 5.94. The minimum Gasteiger partial charge on any atom is -0.444 e. The maximum absolute atomic E-state index is 14.4. The molecule has 0 unspecified atom stereocenters. The minimum absolute atomic E-state index is 0.0325. The number of ether oxygens (including phenoxy) is 1. The topological polar surface area (TPSA) is 76.5 Å². The van der Waals surface area contributed by atoms with Crippen molar-refractivity contribution >= 4 is 12.0 Å². The molecule has 1 aliphatic heterocycles. The number of halogens is 1. The first-order chi connectivity index (χ1) is 10.2. The lowest BCUT2D eigenvalue weighted by molar-refractivity contribution is 0.0235. The first-order valence-electron chi connectivity index (χ1n) is 7.18. The number of carbonyl (C=O) groups is 2. The van der Waals surface area contributed by atoms with Crippen LogP contribution in [0.2, 0.25) is 0 Å². The molecule has 0 saturated heterocycles. The molecule has 0 bridgehead atoms. The van der Waals surface area contributed by atoms with E-state index in [1.807, 2.05) is 0 Å². The molecule has 0 fully saturated rings. The Labute approximate surface area is 128 Å². The highest BCUT2D eigenvalue weighted by Gasteiger charge is 2.29. The number of nitrogens with zero attached hydrogens (tertiary/aromatic N) is 3. The fraction of sp³-hybridized carbons (Fsp3) is 0.643. The molecular weight excluding hydrogens is 291 g/mol. The van der Waals surface area contributed by atoms with Gasteiger partial charge < -0.3 is 15.0 Å². The van der Waals surface area contributed by atoms with Gasteiger partial charge >= 0.3 is 6.09 Å². The SMILES string of the molecule is CNC(=O)c1nn2c(c1F)CN(C(=O)OC(C)(C)C)CCC2. The third-order valence-corrected chi connectivity index (χ3v) is 3.23. The van der Waals surface area contributed by atoms with Gasteiger partial charge in [-0.15, -0.1) is 0 Å². The largest absolute Gasteiger partial charge is 0.444 e. The van der Waals surface area contributed by atoms with Crippen LogP contribution in [0.4, 0.5) is 9.18 Å². The number of nitrogens with one attached hydrogen (secondary N) is 1. The molecule has 2 rings (SSSR count). The molecule has 0 spiro atoms. The molecular formula is C14H21FN4O3. The number of aryl methyl sites for hydroxylation is 1. The molecule has 1 N–H and O–H groups in total. The van der Waals surface area contributed by atoms with Crippen molar-refractivity contribution in [3.63, 3.8) is 0 Å². The Balaban J connectivity index is 2.24. The number of amides is 2. The highest BCUT2D eigenvalue weighted by atomic mass is 19.1. The fourth-order valence-corrected chi connectivity index (χ4v) is 2.23. The lowest BCUT2D eigenvalue weighted by Gasteiger charge is -2.26. The van der Waals surface area contributed by atoms with E-state index in [1.165, 1.54) is 16.6 Å². The van der Waals surface area contributed by atoms with E-state index in [4.69, 9.17) is 4.74 Å². The Kier molecular flexibility index (Phi) is 4.39. The van der Waals surface area contributed by atoms with Crippen LogP contribution >= 0.6 is 0 Å². The molecule has 2 amide bonds. The highest BCUT2D eigenvalue weighted by molar-refractivity contribution is 5.92. The summed E-state index contributed by atoms with van der Waals surface area (Å²) in [5.74, 6) is -1.27. The van der Waals surface area contributed by atoms with Crippen LogP contribution in [0.15, 0.2) is 0 Å². The third-order valence-electron chi connectivity index (χ3n) is 3.23. The van der Waals surface area contributed by atoms with E-state index in [0.717, 1.165) is 0 Å². The average Bonchev–Trinajstić information content (AvgIpc) is 2.62. The van der Waals surface area contributed by atoms with Gasteiger partial charge in [-0.05, 0) is 27.2 Å². The molecule has 22 heavy (non-hydrogen) atoms. The third kappa shape index (κ3) is 3.37. The van der Waals surface area contributed by atoms with Crippen molar-refractivity contribution in [2.45, 2.75) is 45.9 Å². The van der Waals surface area contributed by atoms with Crippen molar-refractivity contribution < 1.29 is 18.7 Å². The van der Waals surface area contributed by atoms with Crippen molar-refractivity contribution in [2.24, 2.45) is 0 Å². The summed E-state index contributed by atoms with van der Waals surface area (Å²) < 4.78 is 21.2. The number of hydrogen-bond donors (Lipinski definition) is 1. The molecule has 0 saturated carbocycles. The summed E-state index contributed by atoms with van der Waals surface area (Å²) in [6, 6.07) is 0. The predicted octanol–water partition coefficient (Wildman–Crippen LogP) is 1.52. The summed E-state index contributed by atoms with van der Waals surface area (Å²) in [5.41, 5.74) is -0.638. The van der Waals surface area contributed by atoms with Gasteiger partial charge in [-0.1, -0.05) is 0 Å². The van der Waals surface area contributed by atoms with Gasteiger partial charge in [0.25, 0.3) is 5.91 Å². The van der Waals surface area contributed by atoms with Crippen molar-refractivity contribution in [3.05, 3.63) is 17.2 Å². The predicted molar refractivity (Wildman–Crippen MR) is 76.8 cm³/mol. The molecule has 0 aromatic carbocycles. The van der Waals surface area contributed by atoms with Crippen LogP contribution in [0, 0.1) is 5.82 Å². The van der Waals surface area contributed by atoms with E-state index in [0.29, 0.717) is 19.5 Å². The van der Waals surface area contributed by atoms with Crippen molar-refractivity contribution in [2.75, 3.05) is 13.6 Å². The van der Waals surface area contributed by atoms with E-state index in [-0.39, 0.29) is 17.9 Å². The van der Waals surface area contributed by atoms with E-state index in [9.17, 15) is 14.0 Å². The monoisotopic (exact) mass is 312 g/mol. The zero-order chi connectivity index (χ0) is 16.5.